The molecule has 2 unspecified atom stereocenters. The summed E-state index contributed by atoms with van der Waals surface area (Å²) in [6.07, 6.45) is -0.257. The minimum absolute atomic E-state index is 0.00145. The van der Waals surface area contributed by atoms with Crippen molar-refractivity contribution in [1.82, 2.24) is 15.1 Å². The Kier molecular flexibility index (Phi) is 11.1. The highest BCUT2D eigenvalue weighted by Crippen LogP contribution is 2.37. The topological polar surface area (TPSA) is 74.4 Å². The number of para-hydroxylation sites is 1. The number of amides is 1. The smallest absolute Gasteiger partial charge is 0.247 e. The lowest BCUT2D eigenvalue weighted by Crippen LogP contribution is -2.58. The van der Waals surface area contributed by atoms with Gasteiger partial charge in [-0.05, 0) is 38.8 Å². The molecule has 1 amide bonds. The Hall–Kier alpha value is -2.85. The number of ketones is 1. The van der Waals surface area contributed by atoms with E-state index in [0.29, 0.717) is 77.7 Å². The number of carbonyl (C=O) groups is 2. The fourth-order valence-electron chi connectivity index (χ4n) is 5.83. The minimum atomic E-state index is -1.33. The molecule has 8 nitrogen and oxygen atoms in total. The number of nitrogens with one attached hydrogen (secondary N) is 1. The number of halogens is 1. The molecule has 218 valence electrons. The zero-order valence-corrected chi connectivity index (χ0v) is 23.8. The Morgan fingerprint density at radius 3 is 2.12 bits per heavy atom. The van der Waals surface area contributed by atoms with E-state index >= 15 is 4.39 Å². The van der Waals surface area contributed by atoms with Gasteiger partial charge >= 0.3 is 0 Å². The summed E-state index contributed by atoms with van der Waals surface area (Å²) in [6.45, 7) is 8.25. The molecular weight excluding hydrogens is 511 g/mol. The van der Waals surface area contributed by atoms with Gasteiger partial charge < -0.3 is 19.7 Å². The van der Waals surface area contributed by atoms with Gasteiger partial charge in [0.2, 0.25) is 5.91 Å². The van der Waals surface area contributed by atoms with Gasteiger partial charge in [-0.25, -0.2) is 4.39 Å². The monoisotopic (exact) mass is 554 g/mol. The van der Waals surface area contributed by atoms with E-state index < -0.39 is 17.9 Å². The predicted octanol–water partition coefficient (Wildman–Crippen LogP) is 3.73. The highest BCUT2D eigenvalue weighted by atomic mass is 19.1. The average molecular weight is 555 g/mol. The van der Waals surface area contributed by atoms with E-state index in [1.807, 2.05) is 67.3 Å². The van der Waals surface area contributed by atoms with E-state index in [1.54, 1.807) is 17.0 Å². The molecule has 0 radical (unpaired) electrons. The summed E-state index contributed by atoms with van der Waals surface area (Å²) < 4.78 is 27.3. The van der Waals surface area contributed by atoms with E-state index in [9.17, 15) is 9.59 Å². The number of benzene rings is 2. The molecule has 0 saturated carbocycles. The summed E-state index contributed by atoms with van der Waals surface area (Å²) in [6, 6.07) is 18.3. The molecule has 0 aromatic heterocycles. The van der Waals surface area contributed by atoms with Gasteiger partial charge in [0.05, 0.1) is 25.9 Å². The number of hydrogen-bond acceptors (Lipinski definition) is 7. The van der Waals surface area contributed by atoms with Crippen LogP contribution in [-0.4, -0.2) is 98.6 Å². The van der Waals surface area contributed by atoms with Crippen molar-refractivity contribution in [1.29, 1.82) is 0 Å². The molecule has 2 aromatic carbocycles. The first kappa shape index (κ1) is 30.1. The number of likely N-dealkylation sites (tertiary alicyclic amines) is 1. The number of rotatable bonds is 15. The van der Waals surface area contributed by atoms with Crippen molar-refractivity contribution in [2.24, 2.45) is 0 Å². The van der Waals surface area contributed by atoms with E-state index in [1.165, 1.54) is 0 Å². The van der Waals surface area contributed by atoms with Crippen LogP contribution < -0.4 is 10.2 Å². The van der Waals surface area contributed by atoms with Crippen LogP contribution in [0.2, 0.25) is 0 Å². The molecule has 2 atom stereocenters. The summed E-state index contributed by atoms with van der Waals surface area (Å²) in [4.78, 5) is 32.7. The molecular formula is C31H43FN4O4. The maximum absolute atomic E-state index is 16.1. The lowest BCUT2D eigenvalue weighted by atomic mass is 9.85. The molecule has 1 spiro atoms. The van der Waals surface area contributed by atoms with E-state index in [-0.39, 0.29) is 18.1 Å². The maximum atomic E-state index is 16.1. The predicted molar refractivity (Wildman–Crippen MR) is 154 cm³/mol. The van der Waals surface area contributed by atoms with Crippen LogP contribution in [0.25, 0.3) is 0 Å². The van der Waals surface area contributed by atoms with Gasteiger partial charge in [0.25, 0.3) is 0 Å². The Balaban J connectivity index is 1.48. The minimum Gasteiger partial charge on any atom is -0.380 e. The van der Waals surface area contributed by atoms with Crippen LogP contribution in [0, 0.1) is 0 Å². The second-order valence-corrected chi connectivity index (χ2v) is 10.3. The lowest BCUT2D eigenvalue weighted by molar-refractivity contribution is -0.125. The van der Waals surface area contributed by atoms with Gasteiger partial charge in [-0.15, -0.1) is 0 Å². The normalized spacial score (nSPS) is 18.7. The molecule has 9 heteroatoms. The van der Waals surface area contributed by atoms with Crippen molar-refractivity contribution in [2.75, 3.05) is 64.2 Å². The SMILES string of the molecule is CCOCCN(CCOCC)C(CC(F)N1CCC2(CC1)C(=O)NCN2c1ccccc1)C(=O)c1ccccc1. The first-order chi connectivity index (χ1) is 19.5. The van der Waals surface area contributed by atoms with E-state index in [4.69, 9.17) is 9.47 Å². The molecule has 1 N–H and O–H groups in total. The quantitative estimate of drug-likeness (QED) is 0.204. The van der Waals surface area contributed by atoms with Gasteiger partial charge in [0, 0.05) is 57.1 Å². The number of piperidine rings is 1. The number of nitrogens with zero attached hydrogens (tertiary/aromatic N) is 3. The zero-order valence-electron chi connectivity index (χ0n) is 23.8. The fourth-order valence-corrected chi connectivity index (χ4v) is 5.83. The number of anilines is 1. The average Bonchev–Trinajstić information content (AvgIpc) is 3.30. The third-order valence-corrected chi connectivity index (χ3v) is 8.10. The highest BCUT2D eigenvalue weighted by Gasteiger charge is 2.51. The van der Waals surface area contributed by atoms with Crippen molar-refractivity contribution in [3.63, 3.8) is 0 Å². The van der Waals surface area contributed by atoms with Crippen molar-refractivity contribution >= 4 is 17.4 Å². The molecule has 40 heavy (non-hydrogen) atoms. The third-order valence-electron chi connectivity index (χ3n) is 8.10. The van der Waals surface area contributed by atoms with Crippen LogP contribution >= 0.6 is 0 Å². The summed E-state index contributed by atoms with van der Waals surface area (Å²) >= 11 is 0. The molecule has 2 fully saturated rings. The van der Waals surface area contributed by atoms with Crippen molar-refractivity contribution in [3.05, 3.63) is 66.2 Å². The van der Waals surface area contributed by atoms with Gasteiger partial charge in [0.15, 0.2) is 12.1 Å². The van der Waals surface area contributed by atoms with Crippen LogP contribution in [0.4, 0.5) is 10.1 Å². The molecule has 4 rings (SSSR count). The van der Waals surface area contributed by atoms with Gasteiger partial charge in [-0.2, -0.15) is 0 Å². The number of ether oxygens (including phenoxy) is 2. The Bertz CT molecular complexity index is 1060. The molecule has 0 bridgehead atoms. The number of Topliss-reactive ketones (excluding diaryl/α,β-unsaturated/α-hetero) is 1. The zero-order chi connectivity index (χ0) is 28.4. The van der Waals surface area contributed by atoms with Crippen LogP contribution in [0.15, 0.2) is 60.7 Å². The highest BCUT2D eigenvalue weighted by molar-refractivity contribution is 6.00. The number of hydrogen-bond donors (Lipinski definition) is 1. The molecule has 2 aliphatic heterocycles. The summed E-state index contributed by atoms with van der Waals surface area (Å²) in [5.41, 5.74) is 0.868. The van der Waals surface area contributed by atoms with Crippen molar-refractivity contribution < 1.29 is 23.5 Å². The maximum Gasteiger partial charge on any atom is 0.247 e. The van der Waals surface area contributed by atoms with Gasteiger partial charge in [0.1, 0.15) is 5.54 Å². The lowest BCUT2D eigenvalue weighted by Gasteiger charge is -2.44. The van der Waals surface area contributed by atoms with Crippen molar-refractivity contribution in [2.45, 2.75) is 51.0 Å². The first-order valence-corrected chi connectivity index (χ1v) is 14.5. The Morgan fingerprint density at radius 1 is 0.975 bits per heavy atom. The fraction of sp³-hybridized carbons (Fsp3) is 0.548. The van der Waals surface area contributed by atoms with Crippen LogP contribution in [0.3, 0.4) is 0 Å². The van der Waals surface area contributed by atoms with Crippen LogP contribution in [0.5, 0.6) is 0 Å². The second kappa shape index (κ2) is 14.7. The van der Waals surface area contributed by atoms with Crippen molar-refractivity contribution in [3.8, 4) is 0 Å². The Labute approximate surface area is 237 Å². The van der Waals surface area contributed by atoms with E-state index in [0.717, 1.165) is 5.69 Å². The molecule has 2 aromatic rings. The standard InChI is InChI=1S/C31H43FN4O4/c1-3-39-21-19-34(20-22-40-4-2)27(29(37)25-11-7-5-8-12-25)23-28(32)35-17-15-31(16-18-35)30(38)33-24-36(31)26-13-9-6-10-14-26/h5-14,27-28H,3-4,15-24H2,1-2H3,(H,33,38). The van der Waals surface area contributed by atoms with Gasteiger partial charge in [-0.3, -0.25) is 19.4 Å². The third kappa shape index (κ3) is 7.07. The summed E-state index contributed by atoms with van der Waals surface area (Å²) in [7, 11) is 0. The summed E-state index contributed by atoms with van der Waals surface area (Å²) in [5, 5.41) is 3.00. The largest absolute Gasteiger partial charge is 0.380 e. The Morgan fingerprint density at radius 2 is 1.55 bits per heavy atom. The second-order valence-electron chi connectivity index (χ2n) is 10.3. The van der Waals surface area contributed by atoms with Gasteiger partial charge in [-0.1, -0.05) is 48.5 Å². The number of alkyl halides is 1. The van der Waals surface area contributed by atoms with E-state index in [2.05, 4.69) is 10.2 Å². The molecule has 2 heterocycles. The van der Waals surface area contributed by atoms with Crippen LogP contribution in [0.1, 0.15) is 43.5 Å². The summed E-state index contributed by atoms with van der Waals surface area (Å²) in [5.74, 6) is -0.100. The molecule has 0 aliphatic carbocycles. The van der Waals surface area contributed by atoms with Crippen LogP contribution in [-0.2, 0) is 14.3 Å². The number of carbonyl (C=O) groups excluding carboxylic acids is 2. The molecule has 2 aliphatic rings. The first-order valence-electron chi connectivity index (χ1n) is 14.5. The molecule has 2 saturated heterocycles.